The molecule has 0 fully saturated rings. The monoisotopic (exact) mass is 427 g/mol. The molecule has 11 heteroatoms. The van der Waals surface area contributed by atoms with E-state index in [0.717, 1.165) is 0 Å². The lowest BCUT2D eigenvalue weighted by atomic mass is 9.83. The number of carbonyl (C=O) groups is 1. The van der Waals surface area contributed by atoms with Gasteiger partial charge in [-0.15, -0.1) is 0 Å². The number of aliphatic hydroxyl groups excluding tert-OH is 1. The van der Waals surface area contributed by atoms with Crippen molar-refractivity contribution < 1.29 is 19.0 Å². The van der Waals surface area contributed by atoms with Crippen molar-refractivity contribution in [2.24, 2.45) is 5.73 Å². The fourth-order valence-corrected chi connectivity index (χ4v) is 3.63. The maximum Gasteiger partial charge on any atom is 0.232 e. The van der Waals surface area contributed by atoms with Crippen LogP contribution in [-0.2, 0) is 28.1 Å². The molecule has 1 aliphatic rings. The summed E-state index contributed by atoms with van der Waals surface area (Å²) in [4.78, 5) is 20.7. The Balaban J connectivity index is 1.76. The lowest BCUT2D eigenvalue weighted by molar-refractivity contribution is -0.125. The highest BCUT2D eigenvalue weighted by Gasteiger charge is 2.50. The number of nitrogens with zero attached hydrogens (tertiary/aromatic N) is 4. The van der Waals surface area contributed by atoms with Crippen LogP contribution in [0.25, 0.3) is 11.5 Å². The van der Waals surface area contributed by atoms with Crippen molar-refractivity contribution in [3.63, 3.8) is 0 Å². The van der Waals surface area contributed by atoms with E-state index in [0.29, 0.717) is 17.0 Å². The van der Waals surface area contributed by atoms with Gasteiger partial charge in [0, 0.05) is 12.7 Å². The van der Waals surface area contributed by atoms with Crippen molar-refractivity contribution in [3.05, 3.63) is 53.0 Å². The Hall–Kier alpha value is -3.57. The predicted molar refractivity (Wildman–Crippen MR) is 110 cm³/mol. The van der Waals surface area contributed by atoms with Crippen molar-refractivity contribution in [2.45, 2.75) is 31.7 Å². The van der Waals surface area contributed by atoms with Crippen molar-refractivity contribution in [3.8, 4) is 11.5 Å². The van der Waals surface area contributed by atoms with E-state index in [2.05, 4.69) is 20.4 Å². The number of methoxy groups -OCH3 is 1. The number of hydrogen-bond donors (Lipinski definition) is 4. The zero-order valence-electron chi connectivity index (χ0n) is 17.0. The minimum absolute atomic E-state index is 0.00213. The van der Waals surface area contributed by atoms with Gasteiger partial charge >= 0.3 is 0 Å². The number of aliphatic hydroxyl groups is 1. The Morgan fingerprint density at radius 1 is 1.39 bits per heavy atom. The van der Waals surface area contributed by atoms with Crippen molar-refractivity contribution in [1.82, 2.24) is 19.7 Å². The zero-order valence-corrected chi connectivity index (χ0v) is 17.0. The molecule has 0 aliphatic carbocycles. The SMILES string of the molecule is COCc1cc(-c2nc(N)c3c(n2)NC(O)C3(C)C(N)=O)nn1Cc1ccccc1F. The lowest BCUT2D eigenvalue weighted by Gasteiger charge is -2.24. The van der Waals surface area contributed by atoms with E-state index >= 15 is 0 Å². The second-order valence-electron chi connectivity index (χ2n) is 7.47. The number of nitrogen functional groups attached to an aromatic ring is 1. The molecule has 1 amide bonds. The summed E-state index contributed by atoms with van der Waals surface area (Å²) in [5.41, 5.74) is 11.9. The quantitative estimate of drug-likeness (QED) is 0.449. The molecule has 0 saturated carbocycles. The first-order chi connectivity index (χ1) is 14.8. The number of nitrogens with two attached hydrogens (primary N) is 2. The Morgan fingerprint density at radius 3 is 2.81 bits per heavy atom. The summed E-state index contributed by atoms with van der Waals surface area (Å²) in [7, 11) is 1.54. The average molecular weight is 427 g/mol. The second-order valence-corrected chi connectivity index (χ2v) is 7.47. The largest absolute Gasteiger partial charge is 0.383 e. The third-order valence-electron chi connectivity index (χ3n) is 5.45. The Labute approximate surface area is 177 Å². The molecule has 3 aromatic rings. The van der Waals surface area contributed by atoms with Gasteiger partial charge < -0.3 is 26.6 Å². The fraction of sp³-hybridized carbons (Fsp3) is 0.300. The number of amides is 1. The molecular weight excluding hydrogens is 405 g/mol. The summed E-state index contributed by atoms with van der Waals surface area (Å²) in [5.74, 6) is -0.722. The van der Waals surface area contributed by atoms with Gasteiger partial charge in [0.25, 0.3) is 0 Å². The van der Waals surface area contributed by atoms with Crippen LogP contribution >= 0.6 is 0 Å². The highest BCUT2D eigenvalue weighted by atomic mass is 19.1. The number of anilines is 2. The number of fused-ring (bicyclic) bond motifs is 1. The Morgan fingerprint density at radius 2 is 2.13 bits per heavy atom. The molecule has 0 spiro atoms. The summed E-state index contributed by atoms with van der Waals surface area (Å²) in [5, 5.41) is 17.6. The minimum Gasteiger partial charge on any atom is -0.383 e. The van der Waals surface area contributed by atoms with Crippen molar-refractivity contribution >= 4 is 17.5 Å². The lowest BCUT2D eigenvalue weighted by Crippen LogP contribution is -2.47. The van der Waals surface area contributed by atoms with E-state index in [9.17, 15) is 14.3 Å². The molecule has 0 radical (unpaired) electrons. The summed E-state index contributed by atoms with van der Waals surface area (Å²) < 4.78 is 20.9. The number of rotatable bonds is 6. The van der Waals surface area contributed by atoms with Crippen molar-refractivity contribution in [2.75, 3.05) is 18.2 Å². The maximum absolute atomic E-state index is 14.1. The third-order valence-corrected chi connectivity index (χ3v) is 5.45. The van der Waals surface area contributed by atoms with E-state index in [1.807, 2.05) is 0 Å². The molecule has 0 saturated heterocycles. The molecule has 2 atom stereocenters. The number of hydrogen-bond acceptors (Lipinski definition) is 8. The summed E-state index contributed by atoms with van der Waals surface area (Å²) in [6, 6.07) is 8.13. The molecular formula is C20H22FN7O3. The third kappa shape index (κ3) is 3.37. The summed E-state index contributed by atoms with van der Waals surface area (Å²) in [6.45, 7) is 1.89. The van der Waals surface area contributed by atoms with Crippen LogP contribution in [0.3, 0.4) is 0 Å². The van der Waals surface area contributed by atoms with Crippen LogP contribution in [0.5, 0.6) is 0 Å². The van der Waals surface area contributed by atoms with E-state index in [1.54, 1.807) is 36.1 Å². The highest BCUT2D eigenvalue weighted by molar-refractivity contribution is 5.93. The topological polar surface area (TPSA) is 154 Å². The van der Waals surface area contributed by atoms with Gasteiger partial charge in [-0.2, -0.15) is 5.10 Å². The number of ether oxygens (including phenoxy) is 1. The smallest absolute Gasteiger partial charge is 0.232 e. The van der Waals surface area contributed by atoms with Crippen LogP contribution in [-0.4, -0.2) is 44.1 Å². The van der Waals surface area contributed by atoms with Crippen LogP contribution in [0.4, 0.5) is 16.0 Å². The van der Waals surface area contributed by atoms with Crippen LogP contribution in [0.1, 0.15) is 23.7 Å². The number of aromatic nitrogens is 4. The van der Waals surface area contributed by atoms with E-state index < -0.39 is 17.6 Å². The van der Waals surface area contributed by atoms with Gasteiger partial charge in [-0.3, -0.25) is 9.48 Å². The van der Waals surface area contributed by atoms with Gasteiger partial charge in [0.15, 0.2) is 5.82 Å². The molecule has 6 N–H and O–H groups in total. The summed E-state index contributed by atoms with van der Waals surface area (Å²) >= 11 is 0. The molecule has 3 heterocycles. The normalized spacial score (nSPS) is 19.8. The first-order valence-corrected chi connectivity index (χ1v) is 9.47. The first-order valence-electron chi connectivity index (χ1n) is 9.47. The van der Waals surface area contributed by atoms with Crippen molar-refractivity contribution in [1.29, 1.82) is 0 Å². The molecule has 162 valence electrons. The van der Waals surface area contributed by atoms with Gasteiger partial charge in [-0.25, -0.2) is 14.4 Å². The van der Waals surface area contributed by atoms with Gasteiger partial charge in [0.2, 0.25) is 5.91 Å². The maximum atomic E-state index is 14.1. The van der Waals surface area contributed by atoms with E-state index in [1.165, 1.54) is 13.0 Å². The van der Waals surface area contributed by atoms with Crippen LogP contribution in [0, 0.1) is 5.82 Å². The number of carbonyl (C=O) groups excluding carboxylic acids is 1. The minimum atomic E-state index is -1.47. The number of primary amides is 1. The van der Waals surface area contributed by atoms with Gasteiger partial charge in [-0.05, 0) is 19.1 Å². The molecule has 1 aliphatic heterocycles. The average Bonchev–Trinajstić information content (AvgIpc) is 3.23. The zero-order chi connectivity index (χ0) is 22.3. The molecule has 4 rings (SSSR count). The van der Waals surface area contributed by atoms with E-state index in [4.69, 9.17) is 16.2 Å². The molecule has 2 unspecified atom stereocenters. The molecule has 2 aromatic heterocycles. The van der Waals surface area contributed by atoms with Gasteiger partial charge in [0.1, 0.15) is 34.8 Å². The van der Waals surface area contributed by atoms with E-state index in [-0.39, 0.29) is 42.0 Å². The number of benzene rings is 1. The Bertz CT molecular complexity index is 1170. The highest BCUT2D eigenvalue weighted by Crippen LogP contribution is 2.42. The standard InChI is InChI=1S/C20H22FN7O3/c1-20(18(23)29)14-15(22)24-16(25-17(14)26-19(20)30)13-7-11(9-31-2)28(27-13)8-10-5-3-4-6-12(10)21/h3-7,19,30H,8-9H2,1-2H3,(H2,23,29)(H3,22,24,25,26). The first kappa shape index (κ1) is 20.7. The van der Waals surface area contributed by atoms with Gasteiger partial charge in [-0.1, -0.05) is 18.2 Å². The van der Waals surface area contributed by atoms with Gasteiger partial charge in [0.05, 0.1) is 24.4 Å². The Kier molecular flexibility index (Phi) is 5.07. The second kappa shape index (κ2) is 7.60. The molecule has 1 aromatic carbocycles. The number of nitrogens with one attached hydrogen (secondary N) is 1. The molecule has 10 nitrogen and oxygen atoms in total. The fourth-order valence-electron chi connectivity index (χ4n) is 3.63. The molecule has 31 heavy (non-hydrogen) atoms. The van der Waals surface area contributed by atoms with Crippen LogP contribution in [0.15, 0.2) is 30.3 Å². The summed E-state index contributed by atoms with van der Waals surface area (Å²) in [6.07, 6.45) is -1.30. The number of halogens is 1. The predicted octanol–water partition coefficient (Wildman–Crippen LogP) is 0.743. The van der Waals surface area contributed by atoms with Crippen LogP contribution < -0.4 is 16.8 Å². The molecule has 0 bridgehead atoms. The van der Waals surface area contributed by atoms with Crippen LogP contribution in [0.2, 0.25) is 0 Å².